The molecule has 0 aliphatic carbocycles. The molecule has 1 aromatic carbocycles. The molecule has 1 N–H and O–H groups in total. The number of nitrogens with zero attached hydrogens (tertiary/aromatic N) is 1. The number of hydrogen-bond donors (Lipinski definition) is 1. The number of nitrogens with one attached hydrogen (secondary N) is 1. The number of rotatable bonds is 2. The summed E-state index contributed by atoms with van der Waals surface area (Å²) < 4.78 is 5.37. The van der Waals surface area contributed by atoms with Crippen LogP contribution in [0.25, 0.3) is 0 Å². The molecule has 2 rings (SSSR count). The molecule has 1 fully saturated rings. The Morgan fingerprint density at radius 1 is 1.24 bits per heavy atom. The Morgan fingerprint density at radius 2 is 1.90 bits per heavy atom. The van der Waals surface area contributed by atoms with Gasteiger partial charge in [-0.05, 0) is 52.3 Å². The van der Waals surface area contributed by atoms with Crippen LogP contribution in [0.5, 0.6) is 0 Å². The highest BCUT2D eigenvalue weighted by Crippen LogP contribution is 2.21. The van der Waals surface area contributed by atoms with Gasteiger partial charge in [-0.15, -0.1) is 0 Å². The fraction of sp³-hybridized carbons (Fsp3) is 0.500. The maximum Gasteiger partial charge on any atom is 0.421 e. The van der Waals surface area contributed by atoms with Crippen molar-refractivity contribution < 1.29 is 14.3 Å². The van der Waals surface area contributed by atoms with Gasteiger partial charge >= 0.3 is 6.09 Å². The van der Waals surface area contributed by atoms with Crippen LogP contribution >= 0.6 is 0 Å². The predicted octanol–water partition coefficient (Wildman–Crippen LogP) is 2.71. The molecule has 5 heteroatoms. The van der Waals surface area contributed by atoms with Crippen molar-refractivity contribution >= 4 is 17.7 Å². The summed E-state index contributed by atoms with van der Waals surface area (Å²) in [4.78, 5) is 26.2. The molecule has 2 amide bonds. The SMILES string of the molecule is CC(C)(C)OC(=O)N(C(=O)[C@H]1CCCN1)c1ccccc1. The minimum atomic E-state index is -0.645. The Labute approximate surface area is 125 Å². The van der Waals surface area contributed by atoms with Crippen LogP contribution in [0, 0.1) is 0 Å². The number of benzene rings is 1. The lowest BCUT2D eigenvalue weighted by molar-refractivity contribution is -0.120. The number of amides is 2. The maximum atomic E-state index is 12.6. The quantitative estimate of drug-likeness (QED) is 0.910. The highest BCUT2D eigenvalue weighted by Gasteiger charge is 2.34. The lowest BCUT2D eigenvalue weighted by Gasteiger charge is -2.27. The van der Waals surface area contributed by atoms with Crippen molar-refractivity contribution in [1.82, 2.24) is 5.32 Å². The summed E-state index contributed by atoms with van der Waals surface area (Å²) in [5.74, 6) is -0.257. The van der Waals surface area contributed by atoms with E-state index in [9.17, 15) is 9.59 Å². The summed E-state index contributed by atoms with van der Waals surface area (Å²) in [7, 11) is 0. The van der Waals surface area contributed by atoms with Gasteiger partial charge in [0.25, 0.3) is 5.91 Å². The summed E-state index contributed by atoms with van der Waals surface area (Å²) in [5.41, 5.74) is -0.113. The highest BCUT2D eigenvalue weighted by atomic mass is 16.6. The number of carbonyl (C=O) groups is 2. The van der Waals surface area contributed by atoms with Crippen molar-refractivity contribution in [3.05, 3.63) is 30.3 Å². The zero-order chi connectivity index (χ0) is 15.5. The number of ether oxygens (including phenoxy) is 1. The van der Waals surface area contributed by atoms with E-state index in [1.165, 1.54) is 0 Å². The molecule has 0 bridgehead atoms. The molecular weight excluding hydrogens is 268 g/mol. The van der Waals surface area contributed by atoms with Gasteiger partial charge < -0.3 is 10.1 Å². The zero-order valence-corrected chi connectivity index (χ0v) is 12.8. The minimum Gasteiger partial charge on any atom is -0.443 e. The van der Waals surface area contributed by atoms with Crippen LogP contribution in [0.15, 0.2) is 30.3 Å². The first-order chi connectivity index (χ1) is 9.88. The Bertz CT molecular complexity index is 502. The number of imide groups is 1. The molecule has 0 unspecified atom stereocenters. The van der Waals surface area contributed by atoms with Crippen molar-refractivity contribution in [1.29, 1.82) is 0 Å². The molecule has 1 saturated heterocycles. The molecule has 1 heterocycles. The van der Waals surface area contributed by atoms with Gasteiger partial charge in [-0.1, -0.05) is 18.2 Å². The van der Waals surface area contributed by atoms with Gasteiger partial charge in [-0.3, -0.25) is 4.79 Å². The van der Waals surface area contributed by atoms with Crippen LogP contribution in [0.4, 0.5) is 10.5 Å². The van der Waals surface area contributed by atoms with Crippen molar-refractivity contribution in [2.75, 3.05) is 11.4 Å². The molecule has 1 atom stereocenters. The highest BCUT2D eigenvalue weighted by molar-refractivity contribution is 6.14. The Kier molecular flexibility index (Phi) is 4.63. The molecule has 0 aromatic heterocycles. The average molecular weight is 290 g/mol. The van der Waals surface area contributed by atoms with Crippen LogP contribution in [0.2, 0.25) is 0 Å². The first-order valence-corrected chi connectivity index (χ1v) is 7.24. The van der Waals surface area contributed by atoms with E-state index in [2.05, 4.69) is 5.32 Å². The summed E-state index contributed by atoms with van der Waals surface area (Å²) in [6.45, 7) is 6.15. The fourth-order valence-electron chi connectivity index (χ4n) is 2.26. The average Bonchev–Trinajstić information content (AvgIpc) is 2.91. The summed E-state index contributed by atoms with van der Waals surface area (Å²) in [6.07, 6.45) is 1.05. The molecular formula is C16H22N2O3. The maximum absolute atomic E-state index is 12.6. The molecule has 1 aliphatic heterocycles. The molecule has 21 heavy (non-hydrogen) atoms. The van der Waals surface area contributed by atoms with Crippen molar-refractivity contribution in [3.8, 4) is 0 Å². The third kappa shape index (κ3) is 4.04. The van der Waals surface area contributed by atoms with Crippen LogP contribution in [-0.2, 0) is 9.53 Å². The smallest absolute Gasteiger partial charge is 0.421 e. The van der Waals surface area contributed by atoms with E-state index in [1.807, 2.05) is 6.07 Å². The molecule has 1 aromatic rings. The molecule has 0 saturated carbocycles. The second-order valence-corrected chi connectivity index (χ2v) is 6.14. The van der Waals surface area contributed by atoms with Crippen molar-refractivity contribution in [2.24, 2.45) is 0 Å². The second kappa shape index (κ2) is 6.26. The van der Waals surface area contributed by atoms with E-state index in [4.69, 9.17) is 4.74 Å². The summed E-state index contributed by atoms with van der Waals surface area (Å²) in [5, 5.41) is 3.13. The summed E-state index contributed by atoms with van der Waals surface area (Å²) >= 11 is 0. The Morgan fingerprint density at radius 3 is 2.43 bits per heavy atom. The van der Waals surface area contributed by atoms with Gasteiger partial charge in [-0.2, -0.15) is 0 Å². The van der Waals surface area contributed by atoms with E-state index in [0.29, 0.717) is 5.69 Å². The van der Waals surface area contributed by atoms with E-state index in [-0.39, 0.29) is 11.9 Å². The van der Waals surface area contributed by atoms with Crippen LogP contribution < -0.4 is 10.2 Å². The van der Waals surface area contributed by atoms with E-state index >= 15 is 0 Å². The van der Waals surface area contributed by atoms with Crippen LogP contribution in [0.3, 0.4) is 0 Å². The first kappa shape index (κ1) is 15.5. The predicted molar refractivity (Wildman–Crippen MR) is 81.2 cm³/mol. The molecule has 0 radical (unpaired) electrons. The van der Waals surface area contributed by atoms with E-state index < -0.39 is 11.7 Å². The van der Waals surface area contributed by atoms with Gasteiger partial charge in [0, 0.05) is 0 Å². The zero-order valence-electron chi connectivity index (χ0n) is 12.8. The lowest BCUT2D eigenvalue weighted by Crippen LogP contribution is -2.48. The number of para-hydroxylation sites is 1. The van der Waals surface area contributed by atoms with Crippen molar-refractivity contribution in [3.63, 3.8) is 0 Å². The first-order valence-electron chi connectivity index (χ1n) is 7.24. The topological polar surface area (TPSA) is 58.6 Å². The van der Waals surface area contributed by atoms with Gasteiger partial charge in [0.05, 0.1) is 11.7 Å². The van der Waals surface area contributed by atoms with E-state index in [1.54, 1.807) is 45.0 Å². The largest absolute Gasteiger partial charge is 0.443 e. The standard InChI is InChI=1S/C16H22N2O3/c1-16(2,3)21-15(20)18(12-8-5-4-6-9-12)14(19)13-10-7-11-17-13/h4-6,8-9,13,17H,7,10-11H2,1-3H3/t13-/m1/s1. The van der Waals surface area contributed by atoms with Gasteiger partial charge in [0.15, 0.2) is 0 Å². The van der Waals surface area contributed by atoms with Crippen LogP contribution in [0.1, 0.15) is 33.6 Å². The molecule has 5 nitrogen and oxygen atoms in total. The minimum absolute atomic E-state index is 0.257. The number of hydrogen-bond acceptors (Lipinski definition) is 4. The van der Waals surface area contributed by atoms with Gasteiger partial charge in [-0.25, -0.2) is 9.69 Å². The van der Waals surface area contributed by atoms with Crippen molar-refractivity contribution in [2.45, 2.75) is 45.3 Å². The number of anilines is 1. The van der Waals surface area contributed by atoms with Gasteiger partial charge in [0.1, 0.15) is 5.60 Å². The molecule has 1 aliphatic rings. The third-order valence-corrected chi connectivity index (χ3v) is 3.17. The molecule has 114 valence electrons. The normalized spacial score (nSPS) is 18.3. The summed E-state index contributed by atoms with van der Waals surface area (Å²) in [6, 6.07) is 8.57. The second-order valence-electron chi connectivity index (χ2n) is 6.14. The fourth-order valence-corrected chi connectivity index (χ4v) is 2.26. The van der Waals surface area contributed by atoms with Crippen LogP contribution in [-0.4, -0.2) is 30.2 Å². The monoisotopic (exact) mass is 290 g/mol. The third-order valence-electron chi connectivity index (χ3n) is 3.17. The Balaban J connectivity index is 2.26. The Hall–Kier alpha value is -1.88. The number of carbonyl (C=O) groups excluding carboxylic acids is 2. The van der Waals surface area contributed by atoms with Gasteiger partial charge in [0.2, 0.25) is 0 Å². The van der Waals surface area contributed by atoms with E-state index in [0.717, 1.165) is 24.3 Å². The lowest BCUT2D eigenvalue weighted by atomic mass is 10.2. The molecule has 0 spiro atoms.